The van der Waals surface area contributed by atoms with Crippen LogP contribution in [0.15, 0.2) is 48.5 Å². The lowest BCUT2D eigenvalue weighted by atomic mass is 10.1. The van der Waals surface area contributed by atoms with Gasteiger partial charge >= 0.3 is 0 Å². The molecule has 0 bridgehead atoms. The minimum atomic E-state index is -0.340. The minimum absolute atomic E-state index is 0.0873. The van der Waals surface area contributed by atoms with Gasteiger partial charge in [-0.25, -0.2) is 4.39 Å². The zero-order chi connectivity index (χ0) is 18.3. The van der Waals surface area contributed by atoms with Gasteiger partial charge in [0.15, 0.2) is 0 Å². The molecule has 5 nitrogen and oxygen atoms in total. The van der Waals surface area contributed by atoms with Gasteiger partial charge in [0.1, 0.15) is 5.82 Å². The van der Waals surface area contributed by atoms with Crippen LogP contribution < -0.4 is 0 Å². The number of benzene rings is 2. The molecule has 0 saturated carbocycles. The summed E-state index contributed by atoms with van der Waals surface area (Å²) in [5.74, 6) is -1.00. The fraction of sp³-hybridized carbons (Fsp3) is 0.250. The molecule has 1 saturated heterocycles. The van der Waals surface area contributed by atoms with Crippen molar-refractivity contribution >= 4 is 17.7 Å². The number of imide groups is 1. The minimum Gasteiger partial charge on any atom is -0.340 e. The number of carbonyl (C=O) groups excluding carboxylic acids is 3. The standard InChI is InChI=1S/C20H17FN2O3/c21-14-7-5-13(6-8-14)11-18(24)22-10-9-15(12-22)23-19(25)16-3-1-2-4-17(16)20(23)26/h1-8,15H,9-12H2. The van der Waals surface area contributed by atoms with Gasteiger partial charge in [-0.2, -0.15) is 0 Å². The van der Waals surface area contributed by atoms with Gasteiger partial charge < -0.3 is 4.90 Å². The molecular weight excluding hydrogens is 335 g/mol. The number of amides is 3. The summed E-state index contributed by atoms with van der Waals surface area (Å²) in [7, 11) is 0. The van der Waals surface area contributed by atoms with Gasteiger partial charge in [0.2, 0.25) is 5.91 Å². The maximum absolute atomic E-state index is 13.0. The lowest BCUT2D eigenvalue weighted by Crippen LogP contribution is -2.42. The molecule has 0 N–H and O–H groups in total. The van der Waals surface area contributed by atoms with Gasteiger partial charge in [-0.1, -0.05) is 24.3 Å². The molecule has 26 heavy (non-hydrogen) atoms. The number of rotatable bonds is 3. The summed E-state index contributed by atoms with van der Waals surface area (Å²) in [4.78, 5) is 40.6. The molecule has 1 atom stereocenters. The molecule has 1 unspecified atom stereocenters. The largest absolute Gasteiger partial charge is 0.340 e. The van der Waals surface area contributed by atoms with Crippen LogP contribution in [0.4, 0.5) is 4.39 Å². The number of hydrogen-bond donors (Lipinski definition) is 0. The molecule has 0 aliphatic carbocycles. The molecule has 2 aliphatic heterocycles. The van der Waals surface area contributed by atoms with E-state index < -0.39 is 0 Å². The monoisotopic (exact) mass is 352 g/mol. The van der Waals surface area contributed by atoms with E-state index in [1.54, 1.807) is 41.3 Å². The Morgan fingerprint density at radius 3 is 2.23 bits per heavy atom. The molecule has 132 valence electrons. The van der Waals surface area contributed by atoms with Crippen molar-refractivity contribution in [2.45, 2.75) is 18.9 Å². The van der Waals surface area contributed by atoms with Crippen molar-refractivity contribution in [2.24, 2.45) is 0 Å². The first-order valence-corrected chi connectivity index (χ1v) is 8.54. The van der Waals surface area contributed by atoms with Gasteiger partial charge in [-0.05, 0) is 36.2 Å². The molecule has 0 radical (unpaired) electrons. The van der Waals surface area contributed by atoms with Gasteiger partial charge in [0.05, 0.1) is 23.6 Å². The molecule has 2 heterocycles. The first-order valence-electron chi connectivity index (χ1n) is 8.54. The second-order valence-electron chi connectivity index (χ2n) is 6.61. The van der Waals surface area contributed by atoms with Gasteiger partial charge in [0.25, 0.3) is 11.8 Å². The number of carbonyl (C=O) groups is 3. The van der Waals surface area contributed by atoms with Crippen LogP contribution in [-0.4, -0.2) is 46.7 Å². The molecule has 0 spiro atoms. The molecule has 4 rings (SSSR count). The molecule has 2 aromatic rings. The lowest BCUT2D eigenvalue weighted by molar-refractivity contribution is -0.129. The zero-order valence-corrected chi connectivity index (χ0v) is 14.0. The fourth-order valence-electron chi connectivity index (χ4n) is 3.61. The van der Waals surface area contributed by atoms with Crippen LogP contribution in [0.2, 0.25) is 0 Å². The average molecular weight is 352 g/mol. The molecule has 1 fully saturated rings. The Bertz CT molecular complexity index is 859. The van der Waals surface area contributed by atoms with Crippen molar-refractivity contribution in [3.05, 3.63) is 71.0 Å². The van der Waals surface area contributed by atoms with Crippen LogP contribution in [0.25, 0.3) is 0 Å². The van der Waals surface area contributed by atoms with E-state index in [9.17, 15) is 18.8 Å². The van der Waals surface area contributed by atoms with Crippen molar-refractivity contribution in [1.82, 2.24) is 9.80 Å². The van der Waals surface area contributed by atoms with Crippen LogP contribution >= 0.6 is 0 Å². The Hall–Kier alpha value is -3.02. The molecule has 2 aromatic carbocycles. The van der Waals surface area contributed by atoms with E-state index >= 15 is 0 Å². The van der Waals surface area contributed by atoms with Crippen LogP contribution in [0, 0.1) is 5.82 Å². The SMILES string of the molecule is O=C(Cc1ccc(F)cc1)N1CCC(N2C(=O)c3ccccc3C2=O)C1. The normalized spacial score (nSPS) is 19.2. The highest BCUT2D eigenvalue weighted by molar-refractivity contribution is 6.21. The third-order valence-electron chi connectivity index (χ3n) is 4.98. The Morgan fingerprint density at radius 2 is 1.62 bits per heavy atom. The van der Waals surface area contributed by atoms with Crippen LogP contribution in [0.5, 0.6) is 0 Å². The number of nitrogens with zero attached hydrogens (tertiary/aromatic N) is 2. The quantitative estimate of drug-likeness (QED) is 0.797. The maximum Gasteiger partial charge on any atom is 0.261 e. The fourth-order valence-corrected chi connectivity index (χ4v) is 3.61. The third-order valence-corrected chi connectivity index (χ3v) is 4.98. The van der Waals surface area contributed by atoms with Crippen molar-refractivity contribution in [3.8, 4) is 0 Å². The van der Waals surface area contributed by atoms with E-state index in [0.29, 0.717) is 30.6 Å². The first-order chi connectivity index (χ1) is 12.5. The van der Waals surface area contributed by atoms with Crippen LogP contribution in [0.3, 0.4) is 0 Å². The maximum atomic E-state index is 13.0. The second kappa shape index (κ2) is 6.37. The van der Waals surface area contributed by atoms with Crippen molar-refractivity contribution in [1.29, 1.82) is 0 Å². The molecule has 0 aromatic heterocycles. The number of fused-ring (bicyclic) bond motifs is 1. The summed E-state index contributed by atoms with van der Waals surface area (Å²) < 4.78 is 13.0. The Kier molecular flexibility index (Phi) is 4.03. The lowest BCUT2D eigenvalue weighted by Gasteiger charge is -2.22. The van der Waals surface area contributed by atoms with Crippen molar-refractivity contribution in [2.75, 3.05) is 13.1 Å². The summed E-state index contributed by atoms with van der Waals surface area (Å²) >= 11 is 0. The Morgan fingerprint density at radius 1 is 1.00 bits per heavy atom. The third kappa shape index (κ3) is 2.77. The van der Waals surface area contributed by atoms with Gasteiger partial charge in [0, 0.05) is 13.1 Å². The van der Waals surface area contributed by atoms with Gasteiger partial charge in [-0.3, -0.25) is 19.3 Å². The summed E-state index contributed by atoms with van der Waals surface area (Å²) in [5.41, 5.74) is 1.59. The summed E-state index contributed by atoms with van der Waals surface area (Å²) in [5, 5.41) is 0. The number of hydrogen-bond acceptors (Lipinski definition) is 3. The zero-order valence-electron chi connectivity index (χ0n) is 14.0. The highest BCUT2D eigenvalue weighted by atomic mass is 19.1. The summed E-state index contributed by atoms with van der Waals surface area (Å²) in [6, 6.07) is 12.3. The first kappa shape index (κ1) is 16.4. The van der Waals surface area contributed by atoms with E-state index in [2.05, 4.69) is 0 Å². The Balaban J connectivity index is 1.44. The molecular formula is C20H17FN2O3. The number of halogens is 1. The molecule has 2 aliphatic rings. The molecule has 3 amide bonds. The predicted molar refractivity (Wildman–Crippen MR) is 92.0 cm³/mol. The van der Waals surface area contributed by atoms with E-state index in [0.717, 1.165) is 5.56 Å². The van der Waals surface area contributed by atoms with Gasteiger partial charge in [-0.15, -0.1) is 0 Å². The second-order valence-corrected chi connectivity index (χ2v) is 6.61. The van der Waals surface area contributed by atoms with Crippen molar-refractivity contribution in [3.63, 3.8) is 0 Å². The van der Waals surface area contributed by atoms with Crippen LogP contribution in [0.1, 0.15) is 32.7 Å². The summed E-state index contributed by atoms with van der Waals surface area (Å²) in [6.45, 7) is 0.837. The smallest absolute Gasteiger partial charge is 0.261 e. The molecule has 6 heteroatoms. The number of likely N-dealkylation sites (tertiary alicyclic amines) is 1. The highest BCUT2D eigenvalue weighted by Crippen LogP contribution is 2.28. The highest BCUT2D eigenvalue weighted by Gasteiger charge is 2.42. The average Bonchev–Trinajstić information content (AvgIpc) is 3.21. The van der Waals surface area contributed by atoms with E-state index in [1.807, 2.05) is 0 Å². The summed E-state index contributed by atoms with van der Waals surface area (Å²) in [6.07, 6.45) is 0.746. The Labute approximate surface area is 150 Å². The van der Waals surface area contributed by atoms with E-state index in [-0.39, 0.29) is 36.0 Å². The van der Waals surface area contributed by atoms with Crippen LogP contribution in [-0.2, 0) is 11.2 Å². The van der Waals surface area contributed by atoms with E-state index in [1.165, 1.54) is 17.0 Å². The predicted octanol–water partition coefficient (Wildman–Crippen LogP) is 2.27. The van der Waals surface area contributed by atoms with Crippen molar-refractivity contribution < 1.29 is 18.8 Å². The topological polar surface area (TPSA) is 57.7 Å². The van der Waals surface area contributed by atoms with E-state index in [4.69, 9.17) is 0 Å².